The molecule has 0 radical (unpaired) electrons. The van der Waals surface area contributed by atoms with Gasteiger partial charge in [-0.05, 0) is 23.1 Å². The lowest BCUT2D eigenvalue weighted by Gasteiger charge is -2.29. The van der Waals surface area contributed by atoms with Crippen LogP contribution in [0.2, 0.25) is 0 Å². The van der Waals surface area contributed by atoms with Gasteiger partial charge in [-0.15, -0.1) is 11.8 Å². The molecule has 23 heavy (non-hydrogen) atoms. The molecule has 0 unspecified atom stereocenters. The number of carbonyl (C=O) groups excluding carboxylic acids is 1. The van der Waals surface area contributed by atoms with Crippen molar-refractivity contribution < 1.29 is 9.90 Å². The minimum Gasteiger partial charge on any atom is -0.388 e. The monoisotopic (exact) mass is 327 g/mol. The summed E-state index contributed by atoms with van der Waals surface area (Å²) in [5, 5.41) is 10.1. The Hall–Kier alpha value is -1.78. The first-order valence-corrected chi connectivity index (χ1v) is 9.05. The maximum Gasteiger partial charge on any atom is 0.232 e. The van der Waals surface area contributed by atoms with E-state index in [0.29, 0.717) is 18.1 Å². The van der Waals surface area contributed by atoms with Crippen molar-refractivity contribution in [3.63, 3.8) is 0 Å². The fourth-order valence-corrected chi connectivity index (χ4v) is 3.72. The number of fused-ring (bicyclic) bond motifs is 1. The average Bonchev–Trinajstić information content (AvgIpc) is 2.61. The second-order valence-corrected chi connectivity index (χ2v) is 6.81. The van der Waals surface area contributed by atoms with Crippen molar-refractivity contribution in [2.45, 2.75) is 19.1 Å². The molecular weight excluding hydrogens is 306 g/mol. The number of nitrogens with zero attached hydrogens (tertiary/aromatic N) is 1. The lowest BCUT2D eigenvalue weighted by Crippen LogP contribution is -2.37. The third kappa shape index (κ3) is 4.15. The molecule has 0 aliphatic carbocycles. The van der Waals surface area contributed by atoms with Gasteiger partial charge in [-0.2, -0.15) is 0 Å². The third-order valence-electron chi connectivity index (χ3n) is 4.17. The van der Waals surface area contributed by atoms with E-state index in [2.05, 4.69) is 18.2 Å². The fraction of sp³-hybridized carbons (Fsp3) is 0.316. The zero-order chi connectivity index (χ0) is 16.1. The molecule has 0 saturated carbocycles. The topological polar surface area (TPSA) is 40.5 Å². The molecule has 1 heterocycles. The van der Waals surface area contributed by atoms with Crippen LogP contribution >= 0.6 is 11.8 Å². The van der Waals surface area contributed by atoms with Gasteiger partial charge in [-0.25, -0.2) is 0 Å². The third-order valence-corrected chi connectivity index (χ3v) is 5.17. The van der Waals surface area contributed by atoms with Crippen LogP contribution in [0.5, 0.6) is 0 Å². The summed E-state index contributed by atoms with van der Waals surface area (Å²) < 4.78 is 0. The quantitative estimate of drug-likeness (QED) is 0.918. The van der Waals surface area contributed by atoms with E-state index in [0.717, 1.165) is 18.5 Å². The van der Waals surface area contributed by atoms with Gasteiger partial charge in [0, 0.05) is 18.8 Å². The molecule has 0 aromatic heterocycles. The highest BCUT2D eigenvalue weighted by Gasteiger charge is 2.20. The number of hydrogen-bond acceptors (Lipinski definition) is 3. The molecule has 1 amide bonds. The first-order chi connectivity index (χ1) is 11.2. The standard InChI is InChI=1S/C19H21NO2S/c21-18(16-7-2-1-3-8-16)13-23-14-19(22)20-11-10-15-6-4-5-9-17(15)12-20/h1-9,18,21H,10-14H2/t18-/m0/s1. The van der Waals surface area contributed by atoms with Crippen molar-refractivity contribution in [1.29, 1.82) is 0 Å². The largest absolute Gasteiger partial charge is 0.388 e. The number of rotatable bonds is 5. The summed E-state index contributed by atoms with van der Waals surface area (Å²) in [6, 6.07) is 17.9. The van der Waals surface area contributed by atoms with Crippen molar-refractivity contribution >= 4 is 17.7 Å². The van der Waals surface area contributed by atoms with Crippen molar-refractivity contribution in [2.75, 3.05) is 18.1 Å². The van der Waals surface area contributed by atoms with Gasteiger partial charge in [0.1, 0.15) is 0 Å². The summed E-state index contributed by atoms with van der Waals surface area (Å²) in [5.74, 6) is 1.12. The Morgan fingerprint density at radius 3 is 2.57 bits per heavy atom. The van der Waals surface area contributed by atoms with Gasteiger partial charge in [0.2, 0.25) is 5.91 Å². The fourth-order valence-electron chi connectivity index (χ4n) is 2.83. The van der Waals surface area contributed by atoms with E-state index >= 15 is 0 Å². The van der Waals surface area contributed by atoms with Gasteiger partial charge < -0.3 is 10.0 Å². The van der Waals surface area contributed by atoms with Crippen molar-refractivity contribution in [2.24, 2.45) is 0 Å². The van der Waals surface area contributed by atoms with Crippen LogP contribution in [0.4, 0.5) is 0 Å². The Morgan fingerprint density at radius 1 is 1.09 bits per heavy atom. The predicted octanol–water partition coefficient (Wildman–Crippen LogP) is 3.04. The number of thioether (sulfide) groups is 1. The van der Waals surface area contributed by atoms with Crippen LogP contribution in [-0.2, 0) is 17.8 Å². The molecule has 1 atom stereocenters. The Labute approximate surface area is 141 Å². The Bertz CT molecular complexity index is 659. The molecule has 2 aromatic carbocycles. The first-order valence-electron chi connectivity index (χ1n) is 7.89. The predicted molar refractivity (Wildman–Crippen MR) is 94.3 cm³/mol. The molecule has 1 N–H and O–H groups in total. The van der Waals surface area contributed by atoms with Gasteiger partial charge in [-0.3, -0.25) is 4.79 Å². The normalized spacial score (nSPS) is 15.1. The summed E-state index contributed by atoms with van der Waals surface area (Å²) in [5.41, 5.74) is 3.50. The number of hydrogen-bond donors (Lipinski definition) is 1. The second-order valence-electron chi connectivity index (χ2n) is 5.78. The van der Waals surface area contributed by atoms with E-state index in [1.54, 1.807) is 0 Å². The molecule has 4 heteroatoms. The summed E-state index contributed by atoms with van der Waals surface area (Å²) in [4.78, 5) is 14.3. The Morgan fingerprint density at radius 2 is 1.78 bits per heavy atom. The maximum absolute atomic E-state index is 12.3. The molecule has 0 spiro atoms. The minimum atomic E-state index is -0.518. The van der Waals surface area contributed by atoms with Gasteiger partial charge in [0.15, 0.2) is 0 Å². The lowest BCUT2D eigenvalue weighted by atomic mass is 10.00. The highest BCUT2D eigenvalue weighted by atomic mass is 32.2. The van der Waals surface area contributed by atoms with E-state index in [1.165, 1.54) is 22.9 Å². The van der Waals surface area contributed by atoms with Crippen molar-refractivity contribution in [3.8, 4) is 0 Å². The number of benzene rings is 2. The number of carbonyl (C=O) groups is 1. The Kier molecular flexibility index (Phi) is 5.36. The van der Waals surface area contributed by atoms with Crippen molar-refractivity contribution in [1.82, 2.24) is 4.90 Å². The van der Waals surface area contributed by atoms with E-state index in [9.17, 15) is 9.90 Å². The van der Waals surface area contributed by atoms with E-state index in [4.69, 9.17) is 0 Å². The van der Waals surface area contributed by atoms with Crippen LogP contribution in [0.15, 0.2) is 54.6 Å². The van der Waals surface area contributed by atoms with Gasteiger partial charge >= 0.3 is 0 Å². The molecule has 0 bridgehead atoms. The molecule has 0 fully saturated rings. The van der Waals surface area contributed by atoms with Gasteiger partial charge in [0.25, 0.3) is 0 Å². The van der Waals surface area contributed by atoms with Crippen molar-refractivity contribution in [3.05, 3.63) is 71.3 Å². The van der Waals surface area contributed by atoms with E-state index in [-0.39, 0.29) is 5.91 Å². The smallest absolute Gasteiger partial charge is 0.232 e. The van der Waals surface area contributed by atoms with Crippen LogP contribution in [0.3, 0.4) is 0 Å². The zero-order valence-corrected chi connectivity index (χ0v) is 13.8. The molecule has 0 saturated heterocycles. The summed E-state index contributed by atoms with van der Waals surface area (Å²) in [7, 11) is 0. The molecule has 120 valence electrons. The maximum atomic E-state index is 12.3. The molecule has 1 aliphatic rings. The SMILES string of the molecule is O=C(CSC[C@H](O)c1ccccc1)N1CCc2ccccc2C1. The highest BCUT2D eigenvalue weighted by molar-refractivity contribution is 7.99. The van der Waals surface area contributed by atoms with Crippen LogP contribution in [0.1, 0.15) is 22.8 Å². The molecule has 1 aliphatic heterocycles. The number of aliphatic hydroxyl groups is 1. The van der Waals surface area contributed by atoms with Crippen LogP contribution in [-0.4, -0.2) is 34.0 Å². The molecule has 3 rings (SSSR count). The van der Waals surface area contributed by atoms with Gasteiger partial charge in [-0.1, -0.05) is 54.6 Å². The first kappa shape index (κ1) is 16.1. The minimum absolute atomic E-state index is 0.157. The summed E-state index contributed by atoms with van der Waals surface area (Å²) >= 11 is 1.50. The van der Waals surface area contributed by atoms with E-state index in [1.807, 2.05) is 41.3 Å². The molecule has 3 nitrogen and oxygen atoms in total. The lowest BCUT2D eigenvalue weighted by molar-refractivity contribution is -0.129. The van der Waals surface area contributed by atoms with E-state index < -0.39 is 6.10 Å². The van der Waals surface area contributed by atoms with Crippen LogP contribution in [0, 0.1) is 0 Å². The number of amides is 1. The highest BCUT2D eigenvalue weighted by Crippen LogP contribution is 2.21. The van der Waals surface area contributed by atoms with Crippen LogP contribution < -0.4 is 0 Å². The summed E-state index contributed by atoms with van der Waals surface area (Å²) in [6.07, 6.45) is 0.412. The van der Waals surface area contributed by atoms with Crippen LogP contribution in [0.25, 0.3) is 0 Å². The Balaban J connectivity index is 1.47. The zero-order valence-electron chi connectivity index (χ0n) is 13.0. The second kappa shape index (κ2) is 7.66. The molecule has 2 aromatic rings. The average molecular weight is 327 g/mol. The number of aliphatic hydroxyl groups excluding tert-OH is 1. The summed E-state index contributed by atoms with van der Waals surface area (Å²) in [6.45, 7) is 1.49. The van der Waals surface area contributed by atoms with Gasteiger partial charge in [0.05, 0.1) is 11.9 Å². The molecular formula is C19H21NO2S.